The molecule has 2 atom stereocenters. The van der Waals surface area contributed by atoms with Crippen LogP contribution >= 0.6 is 0 Å². The summed E-state index contributed by atoms with van der Waals surface area (Å²) in [6, 6.07) is 18.1. The minimum Gasteiger partial charge on any atom is -0.497 e. The van der Waals surface area contributed by atoms with Gasteiger partial charge in [0, 0.05) is 5.92 Å². The van der Waals surface area contributed by atoms with Gasteiger partial charge in [-0.15, -0.1) is 0 Å². The van der Waals surface area contributed by atoms with E-state index >= 15 is 0 Å². The first kappa shape index (κ1) is 14.6. The van der Waals surface area contributed by atoms with Gasteiger partial charge in [-0.2, -0.15) is 0 Å². The van der Waals surface area contributed by atoms with Gasteiger partial charge in [0.25, 0.3) is 0 Å². The van der Waals surface area contributed by atoms with Gasteiger partial charge in [-0.3, -0.25) is 4.79 Å². The minimum absolute atomic E-state index is 0.127. The van der Waals surface area contributed by atoms with Crippen LogP contribution in [-0.2, 0) is 4.79 Å². The standard InChI is InChI=1S/C20H20O2/c1-13-14(2)20(21)19(16-9-11-17(22-3)12-10-16)18(13)15-7-5-4-6-8-15/h4-12,18-19H,1-3H3/t18-,19-/m1/s1. The summed E-state index contributed by atoms with van der Waals surface area (Å²) in [5.41, 5.74) is 4.33. The Bertz CT molecular complexity index is 711. The molecular weight excluding hydrogens is 272 g/mol. The Morgan fingerprint density at radius 3 is 2.00 bits per heavy atom. The van der Waals surface area contributed by atoms with Crippen LogP contribution in [-0.4, -0.2) is 12.9 Å². The zero-order valence-electron chi connectivity index (χ0n) is 13.2. The Kier molecular flexibility index (Phi) is 3.84. The van der Waals surface area contributed by atoms with Crippen molar-refractivity contribution in [1.29, 1.82) is 0 Å². The second-order valence-electron chi connectivity index (χ2n) is 5.81. The Hall–Kier alpha value is -2.35. The van der Waals surface area contributed by atoms with E-state index in [4.69, 9.17) is 4.74 Å². The van der Waals surface area contributed by atoms with Crippen LogP contribution in [0.2, 0.25) is 0 Å². The molecule has 1 aliphatic rings. The predicted molar refractivity (Wildman–Crippen MR) is 88.3 cm³/mol. The summed E-state index contributed by atoms with van der Waals surface area (Å²) in [7, 11) is 1.65. The van der Waals surface area contributed by atoms with Crippen molar-refractivity contribution in [1.82, 2.24) is 0 Å². The van der Waals surface area contributed by atoms with E-state index in [2.05, 4.69) is 19.1 Å². The van der Waals surface area contributed by atoms with E-state index in [0.717, 1.165) is 16.9 Å². The van der Waals surface area contributed by atoms with E-state index in [1.54, 1.807) is 7.11 Å². The van der Waals surface area contributed by atoms with Gasteiger partial charge >= 0.3 is 0 Å². The number of ether oxygens (including phenoxy) is 1. The fourth-order valence-corrected chi connectivity index (χ4v) is 3.32. The fraction of sp³-hybridized carbons (Fsp3) is 0.250. The van der Waals surface area contributed by atoms with Gasteiger partial charge in [0.05, 0.1) is 13.0 Å². The Labute approximate surface area is 131 Å². The van der Waals surface area contributed by atoms with E-state index in [-0.39, 0.29) is 17.6 Å². The molecule has 0 N–H and O–H groups in total. The average molecular weight is 292 g/mol. The average Bonchev–Trinajstić information content (AvgIpc) is 2.80. The molecule has 22 heavy (non-hydrogen) atoms. The van der Waals surface area contributed by atoms with Gasteiger partial charge in [0.15, 0.2) is 5.78 Å². The van der Waals surface area contributed by atoms with Crippen LogP contribution in [0.1, 0.15) is 36.8 Å². The zero-order chi connectivity index (χ0) is 15.7. The third kappa shape index (κ3) is 2.35. The number of Topliss-reactive ketones (excluding diaryl/α,β-unsaturated/α-hetero) is 1. The van der Waals surface area contributed by atoms with Crippen molar-refractivity contribution in [3.05, 3.63) is 76.9 Å². The first-order chi connectivity index (χ1) is 10.6. The molecule has 2 aromatic carbocycles. The van der Waals surface area contributed by atoms with E-state index in [9.17, 15) is 4.79 Å². The Morgan fingerprint density at radius 1 is 0.818 bits per heavy atom. The van der Waals surface area contributed by atoms with E-state index in [1.165, 1.54) is 11.1 Å². The number of ketones is 1. The Balaban J connectivity index is 2.06. The number of hydrogen-bond donors (Lipinski definition) is 0. The van der Waals surface area contributed by atoms with Gasteiger partial charge in [-0.05, 0) is 42.7 Å². The zero-order valence-corrected chi connectivity index (χ0v) is 13.2. The van der Waals surface area contributed by atoms with Crippen molar-refractivity contribution in [2.24, 2.45) is 0 Å². The summed E-state index contributed by atoms with van der Waals surface area (Å²) in [4.78, 5) is 12.8. The largest absolute Gasteiger partial charge is 0.497 e. The lowest BCUT2D eigenvalue weighted by Gasteiger charge is -2.21. The molecule has 0 heterocycles. The molecule has 2 heteroatoms. The molecule has 112 valence electrons. The highest BCUT2D eigenvalue weighted by molar-refractivity contribution is 6.04. The number of carbonyl (C=O) groups is 1. The van der Waals surface area contributed by atoms with E-state index in [1.807, 2.05) is 49.4 Å². The lowest BCUT2D eigenvalue weighted by Crippen LogP contribution is -2.14. The summed E-state index contributed by atoms with van der Waals surface area (Å²) >= 11 is 0. The van der Waals surface area contributed by atoms with Crippen molar-refractivity contribution in [3.63, 3.8) is 0 Å². The maximum Gasteiger partial charge on any atom is 0.166 e. The molecule has 2 nitrogen and oxygen atoms in total. The summed E-state index contributed by atoms with van der Waals surface area (Å²) < 4.78 is 5.22. The van der Waals surface area contributed by atoms with Gasteiger partial charge in [-0.1, -0.05) is 48.0 Å². The molecule has 3 rings (SSSR count). The number of methoxy groups -OCH3 is 1. The fourth-order valence-electron chi connectivity index (χ4n) is 3.32. The highest BCUT2D eigenvalue weighted by atomic mass is 16.5. The van der Waals surface area contributed by atoms with Gasteiger partial charge in [-0.25, -0.2) is 0 Å². The number of carbonyl (C=O) groups excluding carboxylic acids is 1. The molecule has 0 unspecified atom stereocenters. The molecule has 0 saturated heterocycles. The molecular formula is C20H20O2. The molecule has 0 spiro atoms. The van der Waals surface area contributed by atoms with Crippen molar-refractivity contribution in [2.75, 3.05) is 7.11 Å². The van der Waals surface area contributed by atoms with Crippen molar-refractivity contribution in [2.45, 2.75) is 25.7 Å². The third-order valence-electron chi connectivity index (χ3n) is 4.68. The SMILES string of the molecule is COc1ccc([C@H]2C(=O)C(C)=C(C)[C@@H]2c2ccccc2)cc1. The normalized spacial score (nSPS) is 21.3. The van der Waals surface area contributed by atoms with E-state index < -0.39 is 0 Å². The number of hydrogen-bond acceptors (Lipinski definition) is 2. The van der Waals surface area contributed by atoms with Crippen LogP contribution in [0.4, 0.5) is 0 Å². The summed E-state index contributed by atoms with van der Waals surface area (Å²) in [5, 5.41) is 0. The molecule has 0 aromatic heterocycles. The summed E-state index contributed by atoms with van der Waals surface area (Å²) in [5.74, 6) is 1.04. The van der Waals surface area contributed by atoms with Crippen molar-refractivity contribution < 1.29 is 9.53 Å². The smallest absolute Gasteiger partial charge is 0.166 e. The number of benzene rings is 2. The molecule has 0 saturated carbocycles. The molecule has 0 amide bonds. The van der Waals surface area contributed by atoms with E-state index in [0.29, 0.717) is 0 Å². The lowest BCUT2D eigenvalue weighted by molar-refractivity contribution is -0.116. The van der Waals surface area contributed by atoms with Crippen LogP contribution in [0.25, 0.3) is 0 Å². The van der Waals surface area contributed by atoms with Crippen LogP contribution in [0.15, 0.2) is 65.7 Å². The van der Waals surface area contributed by atoms with Gasteiger partial charge in [0.2, 0.25) is 0 Å². The molecule has 2 aromatic rings. The van der Waals surface area contributed by atoms with Crippen LogP contribution in [0.5, 0.6) is 5.75 Å². The highest BCUT2D eigenvalue weighted by Crippen LogP contribution is 2.47. The van der Waals surface area contributed by atoms with Crippen LogP contribution < -0.4 is 4.74 Å². The maximum atomic E-state index is 12.8. The van der Waals surface area contributed by atoms with Gasteiger partial charge < -0.3 is 4.74 Å². The first-order valence-corrected chi connectivity index (χ1v) is 7.54. The monoisotopic (exact) mass is 292 g/mol. The van der Waals surface area contributed by atoms with Crippen molar-refractivity contribution in [3.8, 4) is 5.75 Å². The number of rotatable bonds is 3. The predicted octanol–water partition coefficient (Wildman–Crippen LogP) is 4.48. The second-order valence-corrected chi connectivity index (χ2v) is 5.81. The maximum absolute atomic E-state index is 12.8. The molecule has 0 fully saturated rings. The highest BCUT2D eigenvalue weighted by Gasteiger charge is 2.39. The van der Waals surface area contributed by atoms with Crippen molar-refractivity contribution >= 4 is 5.78 Å². The molecule has 0 aliphatic heterocycles. The topological polar surface area (TPSA) is 26.3 Å². The van der Waals surface area contributed by atoms with Gasteiger partial charge in [0.1, 0.15) is 5.75 Å². The molecule has 0 bridgehead atoms. The van der Waals surface area contributed by atoms with Crippen LogP contribution in [0.3, 0.4) is 0 Å². The first-order valence-electron chi connectivity index (χ1n) is 7.54. The third-order valence-corrected chi connectivity index (χ3v) is 4.68. The molecule has 1 aliphatic carbocycles. The quantitative estimate of drug-likeness (QED) is 0.833. The lowest BCUT2D eigenvalue weighted by atomic mass is 9.80. The van der Waals surface area contributed by atoms with Crippen LogP contribution in [0, 0.1) is 0 Å². The summed E-state index contributed by atoms with van der Waals surface area (Å²) in [6.07, 6.45) is 0. The number of allylic oxidation sites excluding steroid dienone is 2. The Morgan fingerprint density at radius 2 is 1.41 bits per heavy atom. The molecule has 0 radical (unpaired) electrons. The minimum atomic E-state index is -0.131. The summed E-state index contributed by atoms with van der Waals surface area (Å²) in [6.45, 7) is 4.02. The second kappa shape index (κ2) is 5.80.